The zero-order chi connectivity index (χ0) is 11.3. The van der Waals surface area contributed by atoms with Crippen LogP contribution >= 0.6 is 34.8 Å². The first-order valence-electron chi connectivity index (χ1n) is 3.89. The molecule has 0 aliphatic carbocycles. The third kappa shape index (κ3) is 4.51. The molecular weight excluding hydrogens is 260 g/mol. The predicted octanol–water partition coefficient (Wildman–Crippen LogP) is 3.89. The monoisotopic (exact) mass is 265 g/mol. The Morgan fingerprint density at radius 3 is 2.40 bits per heavy atom. The number of alkyl halides is 1. The number of rotatable bonds is 2. The lowest BCUT2D eigenvalue weighted by atomic mass is 10.2. The Hall–Kier alpha value is -0.770. The quantitative estimate of drug-likeness (QED) is 0.601. The van der Waals surface area contributed by atoms with Crippen molar-refractivity contribution in [2.75, 3.05) is 0 Å². The molecule has 1 rings (SSSR count). The molecular formula is C9H6Cl3NO2. The number of nitrogens with zero attached hydrogens (tertiary/aromatic N) is 1. The van der Waals surface area contributed by atoms with Crippen molar-refractivity contribution in [1.82, 2.24) is 0 Å². The zero-order valence-electron chi connectivity index (χ0n) is 7.36. The van der Waals surface area contributed by atoms with Gasteiger partial charge in [0.25, 0.3) is 0 Å². The second-order valence-corrected chi connectivity index (χ2v) is 3.77. The number of ether oxygens (including phenoxy) is 1. The summed E-state index contributed by atoms with van der Waals surface area (Å²) >= 11 is 16.1. The molecule has 0 aromatic heterocycles. The number of carbonyl (C=O) groups is 1. The summed E-state index contributed by atoms with van der Waals surface area (Å²) in [6.45, 7) is 0. The molecule has 0 saturated carbocycles. The van der Waals surface area contributed by atoms with Crippen molar-refractivity contribution in [3.05, 3.63) is 35.9 Å². The van der Waals surface area contributed by atoms with Crippen molar-refractivity contribution >= 4 is 45.5 Å². The average Bonchev–Trinajstić information content (AvgIpc) is 2.17. The number of hydrogen-bond acceptors (Lipinski definition) is 2. The van der Waals surface area contributed by atoms with E-state index < -0.39 is 16.3 Å². The van der Waals surface area contributed by atoms with Crippen molar-refractivity contribution in [2.24, 2.45) is 4.99 Å². The minimum absolute atomic E-state index is 0.420. The Morgan fingerprint density at radius 2 is 1.87 bits per heavy atom. The van der Waals surface area contributed by atoms with Crippen LogP contribution in [0.3, 0.4) is 0 Å². The van der Waals surface area contributed by atoms with E-state index in [0.717, 1.165) is 0 Å². The molecule has 0 aliphatic heterocycles. The standard InChI is InChI=1S/C9H6Cl3NO2/c10-7(6-4-2-1-3-5-6)15-9(14)13-8(11)12/h1-5,7H. The van der Waals surface area contributed by atoms with Crippen LogP contribution in [0.25, 0.3) is 0 Å². The molecule has 1 aromatic rings. The normalized spacial score (nSPS) is 11.7. The molecule has 80 valence electrons. The van der Waals surface area contributed by atoms with E-state index in [1.807, 2.05) is 6.07 Å². The van der Waals surface area contributed by atoms with Crippen molar-refractivity contribution in [3.8, 4) is 0 Å². The Bertz CT molecular complexity index is 363. The van der Waals surface area contributed by atoms with E-state index in [-0.39, 0.29) is 0 Å². The summed E-state index contributed by atoms with van der Waals surface area (Å²) in [4.78, 5) is 14.1. The maximum absolute atomic E-state index is 11.0. The highest BCUT2D eigenvalue weighted by Gasteiger charge is 2.12. The van der Waals surface area contributed by atoms with Crippen molar-refractivity contribution in [3.63, 3.8) is 0 Å². The first-order valence-corrected chi connectivity index (χ1v) is 5.08. The van der Waals surface area contributed by atoms with Gasteiger partial charge >= 0.3 is 6.09 Å². The molecule has 0 saturated heterocycles. The zero-order valence-corrected chi connectivity index (χ0v) is 9.63. The highest BCUT2D eigenvalue weighted by atomic mass is 35.5. The van der Waals surface area contributed by atoms with E-state index in [0.29, 0.717) is 5.56 Å². The SMILES string of the molecule is O=C(N=C(Cl)Cl)OC(Cl)c1ccccc1. The smallest absolute Gasteiger partial charge is 0.424 e. The van der Waals surface area contributed by atoms with Crippen LogP contribution in [0.15, 0.2) is 35.3 Å². The Balaban J connectivity index is 2.61. The topological polar surface area (TPSA) is 38.7 Å². The van der Waals surface area contributed by atoms with Crippen LogP contribution in [-0.2, 0) is 4.74 Å². The summed E-state index contributed by atoms with van der Waals surface area (Å²) in [6, 6.07) is 8.81. The van der Waals surface area contributed by atoms with Gasteiger partial charge in [-0.15, -0.1) is 0 Å². The average molecular weight is 267 g/mol. The third-order valence-electron chi connectivity index (χ3n) is 1.44. The lowest BCUT2D eigenvalue weighted by Crippen LogP contribution is -2.03. The van der Waals surface area contributed by atoms with E-state index in [1.54, 1.807) is 24.3 Å². The second-order valence-electron chi connectivity index (χ2n) is 2.46. The number of aliphatic imine (C=N–C) groups is 1. The van der Waals surface area contributed by atoms with Crippen LogP contribution in [0.5, 0.6) is 0 Å². The number of halogens is 3. The van der Waals surface area contributed by atoms with Crippen LogP contribution in [0.4, 0.5) is 4.79 Å². The van der Waals surface area contributed by atoms with E-state index >= 15 is 0 Å². The van der Waals surface area contributed by atoms with Crippen molar-refractivity contribution < 1.29 is 9.53 Å². The van der Waals surface area contributed by atoms with Crippen LogP contribution in [0.1, 0.15) is 11.1 Å². The van der Waals surface area contributed by atoms with Crippen LogP contribution in [-0.4, -0.2) is 10.7 Å². The van der Waals surface area contributed by atoms with Gasteiger partial charge in [-0.3, -0.25) is 0 Å². The van der Waals surface area contributed by atoms with Gasteiger partial charge in [0, 0.05) is 5.56 Å². The highest BCUT2D eigenvalue weighted by Crippen LogP contribution is 2.21. The van der Waals surface area contributed by atoms with Gasteiger partial charge < -0.3 is 4.74 Å². The molecule has 1 atom stereocenters. The third-order valence-corrected chi connectivity index (χ3v) is 1.95. The molecule has 0 fully saturated rings. The molecule has 0 N–H and O–H groups in total. The molecule has 3 nitrogen and oxygen atoms in total. The van der Waals surface area contributed by atoms with Gasteiger partial charge in [-0.1, -0.05) is 41.9 Å². The molecule has 1 aromatic carbocycles. The molecule has 1 amide bonds. The molecule has 6 heteroatoms. The van der Waals surface area contributed by atoms with E-state index in [1.165, 1.54) is 0 Å². The largest absolute Gasteiger partial charge is 0.437 e. The molecule has 0 aliphatic rings. The lowest BCUT2D eigenvalue weighted by Gasteiger charge is -2.08. The maximum atomic E-state index is 11.0. The molecule has 1 unspecified atom stereocenters. The number of amides is 1. The van der Waals surface area contributed by atoms with Gasteiger partial charge in [0.15, 0.2) is 0 Å². The fourth-order valence-corrected chi connectivity index (χ4v) is 1.22. The summed E-state index contributed by atoms with van der Waals surface area (Å²) in [5.74, 6) is 0. The van der Waals surface area contributed by atoms with Gasteiger partial charge in [0.05, 0.1) is 0 Å². The minimum Gasteiger partial charge on any atom is -0.424 e. The summed E-state index contributed by atoms with van der Waals surface area (Å²) in [7, 11) is 0. The van der Waals surface area contributed by atoms with Crippen LogP contribution in [0, 0.1) is 0 Å². The van der Waals surface area contributed by atoms with Gasteiger partial charge in [0.1, 0.15) is 0 Å². The molecule has 0 bridgehead atoms. The Labute approximate surface area is 102 Å². The summed E-state index contributed by atoms with van der Waals surface area (Å²) in [6.07, 6.45) is -0.932. The first-order chi connectivity index (χ1) is 7.09. The van der Waals surface area contributed by atoms with Crippen molar-refractivity contribution in [2.45, 2.75) is 5.56 Å². The number of hydrogen-bond donors (Lipinski definition) is 0. The number of carbonyl (C=O) groups excluding carboxylic acids is 1. The van der Waals surface area contributed by atoms with Gasteiger partial charge in [-0.2, -0.15) is 4.99 Å². The highest BCUT2D eigenvalue weighted by molar-refractivity contribution is 6.95. The minimum atomic E-state index is -0.932. The summed E-state index contributed by atoms with van der Waals surface area (Å²) < 4.78 is 4.30. The first kappa shape index (κ1) is 12.3. The molecule has 0 radical (unpaired) electrons. The summed E-state index contributed by atoms with van der Waals surface area (Å²) in [5.41, 5.74) is -0.261. The van der Waals surface area contributed by atoms with Gasteiger partial charge in [-0.25, -0.2) is 4.79 Å². The van der Waals surface area contributed by atoms with Gasteiger partial charge in [-0.05, 0) is 23.2 Å². The molecule has 15 heavy (non-hydrogen) atoms. The van der Waals surface area contributed by atoms with Crippen LogP contribution < -0.4 is 0 Å². The van der Waals surface area contributed by atoms with Crippen molar-refractivity contribution in [1.29, 1.82) is 0 Å². The van der Waals surface area contributed by atoms with Crippen LogP contribution in [0.2, 0.25) is 0 Å². The molecule has 0 heterocycles. The lowest BCUT2D eigenvalue weighted by molar-refractivity contribution is 0.144. The summed E-state index contributed by atoms with van der Waals surface area (Å²) in [5, 5.41) is 0. The van der Waals surface area contributed by atoms with E-state index in [9.17, 15) is 4.79 Å². The van der Waals surface area contributed by atoms with E-state index in [2.05, 4.69) is 4.99 Å². The van der Waals surface area contributed by atoms with E-state index in [4.69, 9.17) is 39.5 Å². The molecule has 0 spiro atoms. The second kappa shape index (κ2) is 5.95. The fourth-order valence-electron chi connectivity index (χ4n) is 0.856. The Morgan fingerprint density at radius 1 is 1.27 bits per heavy atom. The maximum Gasteiger partial charge on any atom is 0.437 e. The number of benzene rings is 1. The fraction of sp³-hybridized carbons (Fsp3) is 0.111. The Kier molecular flexibility index (Phi) is 4.88. The predicted molar refractivity (Wildman–Crippen MR) is 60.7 cm³/mol. The van der Waals surface area contributed by atoms with Gasteiger partial charge in [0.2, 0.25) is 10.2 Å².